The summed E-state index contributed by atoms with van der Waals surface area (Å²) in [5.74, 6) is 0.739. The zero-order chi connectivity index (χ0) is 13.8. The van der Waals surface area contributed by atoms with Gasteiger partial charge >= 0.3 is 5.97 Å². The number of nitrogens with two attached hydrogens (primary N) is 1. The first-order valence-corrected chi connectivity index (χ1v) is 7.15. The number of rotatable bonds is 4. The van der Waals surface area contributed by atoms with Crippen molar-refractivity contribution in [2.45, 2.75) is 32.1 Å². The third-order valence-corrected chi connectivity index (χ3v) is 3.19. The molecule has 0 radical (unpaired) electrons. The highest BCUT2D eigenvalue weighted by molar-refractivity contribution is 7.99. The minimum Gasteiger partial charge on any atom is -0.459 e. The monoisotopic (exact) mass is 287 g/mol. The Balaban J connectivity index is 2.42. The van der Waals surface area contributed by atoms with Crippen molar-refractivity contribution in [2.75, 3.05) is 11.5 Å². The summed E-state index contributed by atoms with van der Waals surface area (Å²) in [5, 5.41) is 0.650. The Kier molecular flexibility index (Phi) is 5.35. The van der Waals surface area contributed by atoms with Crippen molar-refractivity contribution in [3.05, 3.63) is 28.8 Å². The predicted octanol–water partition coefficient (Wildman–Crippen LogP) is 3.50. The highest BCUT2D eigenvalue weighted by atomic mass is 35.5. The van der Waals surface area contributed by atoms with E-state index < -0.39 is 5.60 Å². The Bertz CT molecular complexity index is 429. The van der Waals surface area contributed by atoms with Crippen LogP contribution in [-0.4, -0.2) is 17.3 Å². The smallest absolute Gasteiger partial charge is 0.316 e. The van der Waals surface area contributed by atoms with E-state index in [1.807, 2.05) is 26.8 Å². The molecule has 18 heavy (non-hydrogen) atoms. The summed E-state index contributed by atoms with van der Waals surface area (Å²) in [6.45, 7) is 5.56. The topological polar surface area (TPSA) is 52.3 Å². The molecule has 0 amide bonds. The van der Waals surface area contributed by atoms with Gasteiger partial charge in [0.2, 0.25) is 0 Å². The van der Waals surface area contributed by atoms with Gasteiger partial charge in [0.25, 0.3) is 0 Å². The lowest BCUT2D eigenvalue weighted by Gasteiger charge is -2.19. The van der Waals surface area contributed by atoms with Crippen molar-refractivity contribution in [1.29, 1.82) is 0 Å². The number of carbonyl (C=O) groups is 1. The first-order valence-electron chi connectivity index (χ1n) is 5.61. The molecule has 0 aliphatic carbocycles. The van der Waals surface area contributed by atoms with Crippen molar-refractivity contribution in [2.24, 2.45) is 0 Å². The molecule has 2 N–H and O–H groups in total. The van der Waals surface area contributed by atoms with E-state index in [4.69, 9.17) is 22.1 Å². The number of ether oxygens (including phenoxy) is 1. The summed E-state index contributed by atoms with van der Waals surface area (Å²) in [5.41, 5.74) is 7.01. The van der Waals surface area contributed by atoms with Gasteiger partial charge in [0.05, 0.1) is 5.75 Å². The van der Waals surface area contributed by atoms with Crippen LogP contribution in [0.1, 0.15) is 26.3 Å². The van der Waals surface area contributed by atoms with E-state index in [9.17, 15) is 4.79 Å². The number of esters is 1. The van der Waals surface area contributed by atoms with Crippen molar-refractivity contribution in [1.82, 2.24) is 0 Å². The predicted molar refractivity (Wildman–Crippen MR) is 77.9 cm³/mol. The molecule has 0 saturated carbocycles. The van der Waals surface area contributed by atoms with E-state index >= 15 is 0 Å². The van der Waals surface area contributed by atoms with Crippen molar-refractivity contribution >= 4 is 35.0 Å². The van der Waals surface area contributed by atoms with Crippen molar-refractivity contribution < 1.29 is 9.53 Å². The van der Waals surface area contributed by atoms with Crippen LogP contribution in [0, 0.1) is 0 Å². The number of nitrogen functional groups attached to an aromatic ring is 1. The number of hydrogen-bond acceptors (Lipinski definition) is 4. The standard InChI is InChI=1S/C13H18ClNO2S/c1-13(2,3)17-12(16)8-18-7-9-6-10(14)4-5-11(9)15/h4-6H,7-8,15H2,1-3H3. The third kappa shape index (κ3) is 5.65. The van der Waals surface area contributed by atoms with Gasteiger partial charge in [-0.05, 0) is 44.5 Å². The molecule has 0 heterocycles. The molecule has 0 fully saturated rings. The Hall–Kier alpha value is -0.870. The van der Waals surface area contributed by atoms with E-state index in [2.05, 4.69) is 0 Å². The second-order valence-corrected chi connectivity index (χ2v) is 6.34. The van der Waals surface area contributed by atoms with Crippen LogP contribution < -0.4 is 5.73 Å². The lowest BCUT2D eigenvalue weighted by molar-refractivity contribution is -0.151. The molecule has 0 spiro atoms. The molecule has 1 aromatic rings. The van der Waals surface area contributed by atoms with Crippen LogP contribution in [0.15, 0.2) is 18.2 Å². The Morgan fingerprint density at radius 2 is 2.11 bits per heavy atom. The Morgan fingerprint density at radius 1 is 1.44 bits per heavy atom. The molecule has 0 aliphatic rings. The number of benzene rings is 1. The van der Waals surface area contributed by atoms with Crippen molar-refractivity contribution in [3.8, 4) is 0 Å². The Labute approximate surface area is 117 Å². The lowest BCUT2D eigenvalue weighted by Crippen LogP contribution is -2.24. The van der Waals surface area contributed by atoms with Gasteiger partial charge in [-0.3, -0.25) is 4.79 Å². The van der Waals surface area contributed by atoms with E-state index in [0.29, 0.717) is 22.2 Å². The molecule has 0 bridgehead atoms. The van der Waals surface area contributed by atoms with Crippen LogP contribution in [0.3, 0.4) is 0 Å². The fraction of sp³-hybridized carbons (Fsp3) is 0.462. The maximum Gasteiger partial charge on any atom is 0.316 e. The molecule has 5 heteroatoms. The number of anilines is 1. The number of thioether (sulfide) groups is 1. The van der Waals surface area contributed by atoms with Crippen molar-refractivity contribution in [3.63, 3.8) is 0 Å². The minimum absolute atomic E-state index is 0.215. The van der Waals surface area contributed by atoms with E-state index in [0.717, 1.165) is 5.56 Å². The summed E-state index contributed by atoms with van der Waals surface area (Å²) in [4.78, 5) is 11.5. The zero-order valence-corrected chi connectivity index (χ0v) is 12.4. The van der Waals surface area contributed by atoms with Gasteiger partial charge in [-0.15, -0.1) is 11.8 Å². The fourth-order valence-corrected chi connectivity index (χ4v) is 2.31. The molecular weight excluding hydrogens is 270 g/mol. The summed E-state index contributed by atoms with van der Waals surface area (Å²) < 4.78 is 5.21. The van der Waals surface area contributed by atoms with E-state index in [-0.39, 0.29) is 5.97 Å². The minimum atomic E-state index is -0.438. The quantitative estimate of drug-likeness (QED) is 0.680. The summed E-state index contributed by atoms with van der Waals surface area (Å²) >= 11 is 7.35. The molecule has 1 aromatic carbocycles. The van der Waals surface area contributed by atoms with Gasteiger partial charge in [0.15, 0.2) is 0 Å². The zero-order valence-electron chi connectivity index (χ0n) is 10.8. The molecular formula is C13H18ClNO2S. The molecule has 0 saturated heterocycles. The number of hydrogen-bond donors (Lipinski definition) is 1. The average molecular weight is 288 g/mol. The lowest BCUT2D eigenvalue weighted by atomic mass is 10.2. The van der Waals surface area contributed by atoms with Crippen LogP contribution in [0.2, 0.25) is 5.02 Å². The molecule has 0 aromatic heterocycles. The first kappa shape index (κ1) is 15.2. The average Bonchev–Trinajstić information content (AvgIpc) is 2.20. The van der Waals surface area contributed by atoms with Gasteiger partial charge in [-0.2, -0.15) is 0 Å². The maximum atomic E-state index is 11.5. The fourth-order valence-electron chi connectivity index (χ4n) is 1.31. The van der Waals surface area contributed by atoms with E-state index in [1.54, 1.807) is 12.1 Å². The highest BCUT2D eigenvalue weighted by Crippen LogP contribution is 2.23. The SMILES string of the molecule is CC(C)(C)OC(=O)CSCc1cc(Cl)ccc1N. The maximum absolute atomic E-state index is 11.5. The number of halogens is 1. The summed E-state index contributed by atoms with van der Waals surface area (Å²) in [6, 6.07) is 5.34. The van der Waals surface area contributed by atoms with Gasteiger partial charge in [-0.1, -0.05) is 11.6 Å². The van der Waals surface area contributed by atoms with Gasteiger partial charge in [0, 0.05) is 16.5 Å². The highest BCUT2D eigenvalue weighted by Gasteiger charge is 2.16. The third-order valence-electron chi connectivity index (χ3n) is 2.00. The van der Waals surface area contributed by atoms with E-state index in [1.165, 1.54) is 11.8 Å². The number of carbonyl (C=O) groups excluding carboxylic acids is 1. The van der Waals surface area contributed by atoms with Crippen LogP contribution in [0.4, 0.5) is 5.69 Å². The van der Waals surface area contributed by atoms with Gasteiger partial charge in [-0.25, -0.2) is 0 Å². The van der Waals surface area contributed by atoms with Crippen LogP contribution >= 0.6 is 23.4 Å². The normalized spacial score (nSPS) is 11.3. The van der Waals surface area contributed by atoms with Crippen LogP contribution in [0.25, 0.3) is 0 Å². The largest absolute Gasteiger partial charge is 0.459 e. The molecule has 100 valence electrons. The molecule has 0 unspecified atom stereocenters. The summed E-state index contributed by atoms with van der Waals surface area (Å²) in [7, 11) is 0. The molecule has 3 nitrogen and oxygen atoms in total. The molecule has 1 rings (SSSR count). The second-order valence-electron chi connectivity index (χ2n) is 4.92. The Morgan fingerprint density at radius 3 is 2.72 bits per heavy atom. The molecule has 0 aliphatic heterocycles. The van der Waals surface area contributed by atoms with Crippen LogP contribution in [-0.2, 0) is 15.3 Å². The summed E-state index contributed by atoms with van der Waals surface area (Å²) in [6.07, 6.45) is 0. The molecule has 0 atom stereocenters. The first-order chi connectivity index (χ1) is 8.28. The van der Waals surface area contributed by atoms with Crippen LogP contribution in [0.5, 0.6) is 0 Å². The second kappa shape index (κ2) is 6.34. The van der Waals surface area contributed by atoms with Gasteiger partial charge in [0.1, 0.15) is 5.60 Å². The van der Waals surface area contributed by atoms with Gasteiger partial charge < -0.3 is 10.5 Å².